The second-order valence-corrected chi connectivity index (χ2v) is 5.49. The number of carboxylic acids is 1. The molecule has 4 nitrogen and oxygen atoms in total. The molecule has 0 atom stereocenters. The number of hydrogen-bond acceptors (Lipinski definition) is 4. The summed E-state index contributed by atoms with van der Waals surface area (Å²) in [6, 6.07) is 6.36. The van der Waals surface area contributed by atoms with Gasteiger partial charge in [0.15, 0.2) is 0 Å². The second kappa shape index (κ2) is 5.41. The molecule has 0 amide bonds. The standard InChI is InChI=1S/C12H10BrNO3S/c13-8-4-9(18-6-8)5-17-11-3-7(12(15)16)1-2-10(11)14/h1-4,6H,5,14H2,(H,15,16). The molecule has 1 aromatic heterocycles. The molecule has 0 spiro atoms. The minimum absolute atomic E-state index is 0.159. The van der Waals surface area contributed by atoms with E-state index < -0.39 is 5.97 Å². The molecule has 18 heavy (non-hydrogen) atoms. The van der Waals surface area contributed by atoms with Gasteiger partial charge in [-0.05, 0) is 40.2 Å². The average Bonchev–Trinajstić information content (AvgIpc) is 2.74. The van der Waals surface area contributed by atoms with E-state index in [-0.39, 0.29) is 5.56 Å². The molecule has 1 heterocycles. The van der Waals surface area contributed by atoms with Crippen molar-refractivity contribution in [3.05, 3.63) is 44.6 Å². The number of carboxylic acid groups (broad SMARTS) is 1. The van der Waals surface area contributed by atoms with Crippen LogP contribution in [0.1, 0.15) is 15.2 Å². The van der Waals surface area contributed by atoms with Gasteiger partial charge in [0.1, 0.15) is 12.4 Å². The van der Waals surface area contributed by atoms with Crippen LogP contribution >= 0.6 is 27.3 Å². The lowest BCUT2D eigenvalue weighted by atomic mass is 10.2. The van der Waals surface area contributed by atoms with Gasteiger partial charge in [0, 0.05) is 14.7 Å². The molecule has 0 saturated heterocycles. The Hall–Kier alpha value is -1.53. The first-order valence-electron chi connectivity index (χ1n) is 5.05. The zero-order valence-corrected chi connectivity index (χ0v) is 11.6. The van der Waals surface area contributed by atoms with Crippen molar-refractivity contribution < 1.29 is 14.6 Å². The first kappa shape index (κ1) is 12.9. The van der Waals surface area contributed by atoms with Crippen molar-refractivity contribution in [2.24, 2.45) is 0 Å². The third kappa shape index (κ3) is 3.02. The number of benzene rings is 1. The predicted octanol–water partition coefficient (Wildman–Crippen LogP) is 3.37. The fourth-order valence-electron chi connectivity index (χ4n) is 1.37. The van der Waals surface area contributed by atoms with E-state index in [4.69, 9.17) is 15.6 Å². The molecule has 3 N–H and O–H groups in total. The van der Waals surface area contributed by atoms with Crippen LogP contribution in [-0.4, -0.2) is 11.1 Å². The zero-order valence-electron chi connectivity index (χ0n) is 9.22. The van der Waals surface area contributed by atoms with E-state index in [1.165, 1.54) is 18.2 Å². The average molecular weight is 328 g/mol. The normalized spacial score (nSPS) is 10.3. The second-order valence-electron chi connectivity index (χ2n) is 3.58. The lowest BCUT2D eigenvalue weighted by Gasteiger charge is -2.08. The van der Waals surface area contributed by atoms with Crippen molar-refractivity contribution in [2.45, 2.75) is 6.61 Å². The molecule has 0 aliphatic carbocycles. The van der Waals surface area contributed by atoms with Gasteiger partial charge in [-0.15, -0.1) is 11.3 Å². The van der Waals surface area contributed by atoms with Crippen LogP contribution in [0, 0.1) is 0 Å². The Balaban J connectivity index is 2.13. The van der Waals surface area contributed by atoms with E-state index in [1.54, 1.807) is 11.3 Å². The molecule has 94 valence electrons. The summed E-state index contributed by atoms with van der Waals surface area (Å²) in [5, 5.41) is 10.8. The van der Waals surface area contributed by atoms with E-state index in [2.05, 4.69) is 15.9 Å². The Kier molecular flexibility index (Phi) is 3.88. The molecule has 0 fully saturated rings. The van der Waals surface area contributed by atoms with E-state index in [9.17, 15) is 4.79 Å². The number of anilines is 1. The number of thiophene rings is 1. The summed E-state index contributed by atoms with van der Waals surface area (Å²) in [4.78, 5) is 11.9. The molecule has 2 aromatic rings. The first-order chi connectivity index (χ1) is 8.56. The van der Waals surface area contributed by atoms with Gasteiger partial charge in [-0.25, -0.2) is 4.79 Å². The molecule has 0 bridgehead atoms. The minimum atomic E-state index is -1.00. The highest BCUT2D eigenvalue weighted by Gasteiger charge is 2.08. The summed E-state index contributed by atoms with van der Waals surface area (Å²) in [7, 11) is 0. The highest BCUT2D eigenvalue weighted by Crippen LogP contribution is 2.26. The summed E-state index contributed by atoms with van der Waals surface area (Å²) >= 11 is 4.91. The van der Waals surface area contributed by atoms with Crippen molar-refractivity contribution in [3.8, 4) is 5.75 Å². The molecule has 0 radical (unpaired) electrons. The summed E-state index contributed by atoms with van der Waals surface area (Å²) in [5.74, 6) is -0.613. The van der Waals surface area contributed by atoms with Crippen molar-refractivity contribution in [1.29, 1.82) is 0 Å². The Labute approximate surface area is 116 Å². The molecule has 0 saturated carbocycles. The molecular formula is C12H10BrNO3S. The van der Waals surface area contributed by atoms with Crippen LogP contribution in [0.2, 0.25) is 0 Å². The molecular weight excluding hydrogens is 318 g/mol. The number of ether oxygens (including phenoxy) is 1. The lowest BCUT2D eigenvalue weighted by Crippen LogP contribution is -2.01. The van der Waals surface area contributed by atoms with E-state index >= 15 is 0 Å². The molecule has 1 aromatic carbocycles. The van der Waals surface area contributed by atoms with Crippen LogP contribution in [-0.2, 0) is 6.61 Å². The maximum Gasteiger partial charge on any atom is 0.335 e. The Morgan fingerprint density at radius 1 is 1.44 bits per heavy atom. The predicted molar refractivity (Wildman–Crippen MR) is 74.2 cm³/mol. The van der Waals surface area contributed by atoms with E-state index in [0.29, 0.717) is 18.0 Å². The maximum absolute atomic E-state index is 10.8. The minimum Gasteiger partial charge on any atom is -0.486 e. The van der Waals surface area contributed by atoms with Gasteiger partial charge in [0.2, 0.25) is 0 Å². The summed E-state index contributed by atoms with van der Waals surface area (Å²) in [6.07, 6.45) is 0. The molecule has 0 unspecified atom stereocenters. The van der Waals surface area contributed by atoms with Crippen molar-refractivity contribution >= 4 is 38.9 Å². The monoisotopic (exact) mass is 327 g/mol. The van der Waals surface area contributed by atoms with Gasteiger partial charge in [-0.2, -0.15) is 0 Å². The van der Waals surface area contributed by atoms with Crippen molar-refractivity contribution in [2.75, 3.05) is 5.73 Å². The maximum atomic E-state index is 10.8. The van der Waals surface area contributed by atoms with Crippen LogP contribution in [0.3, 0.4) is 0 Å². The third-order valence-corrected chi connectivity index (χ3v) is 3.92. The fraction of sp³-hybridized carbons (Fsp3) is 0.0833. The number of carbonyl (C=O) groups is 1. The Morgan fingerprint density at radius 3 is 2.83 bits per heavy atom. The van der Waals surface area contributed by atoms with E-state index in [1.807, 2.05) is 11.4 Å². The van der Waals surface area contributed by atoms with Gasteiger partial charge in [-0.1, -0.05) is 0 Å². The topological polar surface area (TPSA) is 72.6 Å². The van der Waals surface area contributed by atoms with Crippen LogP contribution < -0.4 is 10.5 Å². The van der Waals surface area contributed by atoms with Gasteiger partial charge in [-0.3, -0.25) is 0 Å². The van der Waals surface area contributed by atoms with Gasteiger partial charge in [0.25, 0.3) is 0 Å². The van der Waals surface area contributed by atoms with Crippen LogP contribution in [0.15, 0.2) is 34.1 Å². The molecule has 0 aliphatic rings. The molecule has 0 aliphatic heterocycles. The van der Waals surface area contributed by atoms with Crippen molar-refractivity contribution in [1.82, 2.24) is 0 Å². The highest BCUT2D eigenvalue weighted by molar-refractivity contribution is 9.10. The Bertz CT molecular complexity index is 582. The summed E-state index contributed by atoms with van der Waals surface area (Å²) in [6.45, 7) is 0.365. The largest absolute Gasteiger partial charge is 0.486 e. The number of nitrogens with two attached hydrogens (primary N) is 1. The van der Waals surface area contributed by atoms with Gasteiger partial charge >= 0.3 is 5.97 Å². The summed E-state index contributed by atoms with van der Waals surface area (Å²) < 4.78 is 6.53. The van der Waals surface area contributed by atoms with E-state index in [0.717, 1.165) is 9.35 Å². The smallest absolute Gasteiger partial charge is 0.335 e. The molecule has 2 rings (SSSR count). The van der Waals surface area contributed by atoms with Crippen LogP contribution in [0.25, 0.3) is 0 Å². The zero-order chi connectivity index (χ0) is 13.1. The Morgan fingerprint density at radius 2 is 2.22 bits per heavy atom. The number of nitrogen functional groups attached to an aromatic ring is 1. The lowest BCUT2D eigenvalue weighted by molar-refractivity contribution is 0.0696. The van der Waals surface area contributed by atoms with Gasteiger partial charge < -0.3 is 15.6 Å². The summed E-state index contributed by atoms with van der Waals surface area (Å²) in [5.41, 5.74) is 6.32. The quantitative estimate of drug-likeness (QED) is 0.844. The number of aromatic carboxylic acids is 1. The fourth-order valence-corrected chi connectivity index (χ4v) is 2.73. The highest BCUT2D eigenvalue weighted by atomic mass is 79.9. The third-order valence-electron chi connectivity index (χ3n) is 2.25. The van der Waals surface area contributed by atoms with Crippen molar-refractivity contribution in [3.63, 3.8) is 0 Å². The van der Waals surface area contributed by atoms with Crippen LogP contribution in [0.5, 0.6) is 5.75 Å². The number of hydrogen-bond donors (Lipinski definition) is 2. The SMILES string of the molecule is Nc1ccc(C(=O)O)cc1OCc1cc(Br)cs1. The number of halogens is 1. The molecule has 6 heteroatoms. The first-order valence-corrected chi connectivity index (χ1v) is 6.72. The van der Waals surface area contributed by atoms with Gasteiger partial charge in [0.05, 0.1) is 11.3 Å². The number of rotatable bonds is 4. The van der Waals surface area contributed by atoms with Crippen LogP contribution in [0.4, 0.5) is 5.69 Å².